The zero-order valence-electron chi connectivity index (χ0n) is 12.7. The molecule has 0 radical (unpaired) electrons. The zero-order valence-corrected chi connectivity index (χ0v) is 12.7. The van der Waals surface area contributed by atoms with E-state index < -0.39 is 12.0 Å². The van der Waals surface area contributed by atoms with Gasteiger partial charge in [-0.3, -0.25) is 4.90 Å². The van der Waals surface area contributed by atoms with Crippen LogP contribution in [-0.2, 0) is 9.53 Å². The molecular weight excluding hydrogens is 274 g/mol. The first-order valence-electron chi connectivity index (χ1n) is 7.61. The van der Waals surface area contributed by atoms with E-state index in [1.54, 1.807) is 7.11 Å². The van der Waals surface area contributed by atoms with Gasteiger partial charge in [0.25, 0.3) is 0 Å². The van der Waals surface area contributed by atoms with E-state index in [2.05, 4.69) is 17.1 Å². The zero-order chi connectivity index (χ0) is 15.4. The number of aliphatic carboxylic acids is 1. The van der Waals surface area contributed by atoms with E-state index in [0.717, 1.165) is 13.1 Å². The van der Waals surface area contributed by atoms with Crippen molar-refractivity contribution < 1.29 is 19.4 Å². The van der Waals surface area contributed by atoms with Crippen molar-refractivity contribution in [2.45, 2.75) is 44.4 Å². The molecule has 2 rings (SSSR count). The van der Waals surface area contributed by atoms with Gasteiger partial charge in [-0.05, 0) is 19.4 Å². The Morgan fingerprint density at radius 3 is 2.67 bits per heavy atom. The van der Waals surface area contributed by atoms with Gasteiger partial charge in [0, 0.05) is 39.2 Å². The third kappa shape index (κ3) is 4.07. The van der Waals surface area contributed by atoms with Crippen LogP contribution in [0.25, 0.3) is 0 Å². The van der Waals surface area contributed by atoms with Crippen molar-refractivity contribution in [1.82, 2.24) is 15.1 Å². The third-order valence-corrected chi connectivity index (χ3v) is 4.29. The number of carboxylic acid groups (broad SMARTS) is 1. The molecule has 2 atom stereocenters. The minimum Gasteiger partial charge on any atom is -0.480 e. The van der Waals surface area contributed by atoms with Crippen molar-refractivity contribution in [2.24, 2.45) is 0 Å². The second-order valence-corrected chi connectivity index (χ2v) is 5.69. The van der Waals surface area contributed by atoms with Gasteiger partial charge in [0.2, 0.25) is 0 Å². The Labute approximate surface area is 125 Å². The molecule has 1 aliphatic carbocycles. The maximum absolute atomic E-state index is 12.2. The van der Waals surface area contributed by atoms with Crippen molar-refractivity contribution in [2.75, 3.05) is 33.3 Å². The molecule has 2 amide bonds. The van der Waals surface area contributed by atoms with E-state index in [1.165, 1.54) is 17.7 Å². The molecule has 1 saturated heterocycles. The van der Waals surface area contributed by atoms with Gasteiger partial charge in [-0.2, -0.15) is 0 Å². The first kappa shape index (κ1) is 16.0. The molecule has 1 saturated carbocycles. The van der Waals surface area contributed by atoms with E-state index in [-0.39, 0.29) is 12.1 Å². The maximum atomic E-state index is 12.2. The summed E-state index contributed by atoms with van der Waals surface area (Å²) in [4.78, 5) is 27.1. The number of amides is 2. The average molecular weight is 299 g/mol. The summed E-state index contributed by atoms with van der Waals surface area (Å²) in [6.07, 6.45) is 2.63. The number of hydrogen-bond donors (Lipinski definition) is 2. The van der Waals surface area contributed by atoms with E-state index in [0.29, 0.717) is 25.6 Å². The van der Waals surface area contributed by atoms with Crippen LogP contribution in [0.3, 0.4) is 0 Å². The number of ether oxygens (including phenoxy) is 1. The first-order valence-corrected chi connectivity index (χ1v) is 7.61. The lowest BCUT2D eigenvalue weighted by atomic mass is 10.2. The number of methoxy groups -OCH3 is 1. The van der Waals surface area contributed by atoms with Crippen LogP contribution in [0.4, 0.5) is 4.79 Å². The summed E-state index contributed by atoms with van der Waals surface area (Å²) in [5.74, 6) is -0.974. The molecule has 21 heavy (non-hydrogen) atoms. The lowest BCUT2D eigenvalue weighted by Crippen LogP contribution is -2.48. The summed E-state index contributed by atoms with van der Waals surface area (Å²) in [7, 11) is 1.54. The number of carbonyl (C=O) groups excluding carboxylic acids is 1. The van der Waals surface area contributed by atoms with Gasteiger partial charge in [0.05, 0.1) is 6.10 Å². The Morgan fingerprint density at radius 1 is 1.43 bits per heavy atom. The molecule has 7 heteroatoms. The normalized spacial score (nSPS) is 25.4. The molecule has 0 spiro atoms. The second kappa shape index (κ2) is 7.09. The molecular formula is C14H25N3O4. The number of nitrogens with zero attached hydrogens (tertiary/aromatic N) is 2. The van der Waals surface area contributed by atoms with Gasteiger partial charge in [-0.25, -0.2) is 9.59 Å². The van der Waals surface area contributed by atoms with Gasteiger partial charge in [-0.1, -0.05) is 6.92 Å². The highest BCUT2D eigenvalue weighted by Gasteiger charge is 2.39. The fourth-order valence-corrected chi connectivity index (χ4v) is 2.87. The van der Waals surface area contributed by atoms with Crippen molar-refractivity contribution in [3.05, 3.63) is 0 Å². The molecule has 0 aromatic carbocycles. The third-order valence-electron chi connectivity index (χ3n) is 4.29. The fourth-order valence-electron chi connectivity index (χ4n) is 2.87. The molecule has 2 fully saturated rings. The molecule has 120 valence electrons. The van der Waals surface area contributed by atoms with Crippen LogP contribution in [0.15, 0.2) is 0 Å². The number of likely N-dealkylation sites (N-methyl/N-ethyl adjacent to an activating group) is 1. The van der Waals surface area contributed by atoms with Crippen LogP contribution < -0.4 is 5.32 Å². The quantitative estimate of drug-likeness (QED) is 0.709. The van der Waals surface area contributed by atoms with Crippen molar-refractivity contribution >= 4 is 12.0 Å². The van der Waals surface area contributed by atoms with Crippen molar-refractivity contribution in [3.8, 4) is 0 Å². The molecule has 0 aromatic rings. The predicted molar refractivity (Wildman–Crippen MR) is 77.2 cm³/mol. The number of carboxylic acids is 1. The Kier molecular flexibility index (Phi) is 5.41. The second-order valence-electron chi connectivity index (χ2n) is 5.69. The first-order chi connectivity index (χ1) is 10.1. The van der Waals surface area contributed by atoms with E-state index in [9.17, 15) is 14.7 Å². The number of nitrogens with one attached hydrogen (secondary N) is 1. The van der Waals surface area contributed by atoms with E-state index in [4.69, 9.17) is 4.74 Å². The lowest BCUT2D eigenvalue weighted by molar-refractivity contribution is -0.141. The van der Waals surface area contributed by atoms with Crippen LogP contribution >= 0.6 is 0 Å². The van der Waals surface area contributed by atoms with Crippen LogP contribution in [0.5, 0.6) is 0 Å². The lowest BCUT2D eigenvalue weighted by Gasteiger charge is -2.24. The molecule has 2 N–H and O–H groups in total. The summed E-state index contributed by atoms with van der Waals surface area (Å²) in [5.41, 5.74) is 0. The molecule has 1 aliphatic heterocycles. The minimum absolute atomic E-state index is 0.199. The molecule has 2 unspecified atom stereocenters. The molecule has 0 aromatic heterocycles. The van der Waals surface area contributed by atoms with Crippen molar-refractivity contribution in [1.29, 1.82) is 0 Å². The smallest absolute Gasteiger partial charge is 0.326 e. The van der Waals surface area contributed by atoms with Gasteiger partial charge in [0.1, 0.15) is 6.04 Å². The minimum atomic E-state index is -0.974. The summed E-state index contributed by atoms with van der Waals surface area (Å²) in [5, 5.41) is 12.0. The largest absolute Gasteiger partial charge is 0.480 e. The van der Waals surface area contributed by atoms with E-state index in [1.807, 2.05) is 0 Å². The van der Waals surface area contributed by atoms with Gasteiger partial charge < -0.3 is 20.1 Å². The summed E-state index contributed by atoms with van der Waals surface area (Å²) in [6, 6.07) is -0.433. The van der Waals surface area contributed by atoms with Gasteiger partial charge in [0.15, 0.2) is 0 Å². The van der Waals surface area contributed by atoms with Crippen LogP contribution in [0, 0.1) is 0 Å². The Morgan fingerprint density at radius 2 is 2.14 bits per heavy atom. The number of likely N-dealkylation sites (tertiary alicyclic amines) is 1. The maximum Gasteiger partial charge on any atom is 0.326 e. The summed E-state index contributed by atoms with van der Waals surface area (Å²) >= 11 is 0. The van der Waals surface area contributed by atoms with Crippen molar-refractivity contribution in [3.63, 3.8) is 0 Å². The van der Waals surface area contributed by atoms with Gasteiger partial charge >= 0.3 is 12.0 Å². The SMILES string of the molecule is CCN(CCNC(=O)N1CC(OC)CC1C(=O)O)C1CC1. The Bertz CT molecular complexity index is 386. The summed E-state index contributed by atoms with van der Waals surface area (Å²) < 4.78 is 5.18. The van der Waals surface area contributed by atoms with Gasteiger partial charge in [-0.15, -0.1) is 0 Å². The van der Waals surface area contributed by atoms with Crippen LogP contribution in [0.1, 0.15) is 26.2 Å². The molecule has 0 bridgehead atoms. The number of rotatable bonds is 7. The fraction of sp³-hybridized carbons (Fsp3) is 0.857. The average Bonchev–Trinajstić information content (AvgIpc) is 3.20. The highest BCUT2D eigenvalue weighted by molar-refractivity contribution is 5.83. The molecule has 2 aliphatic rings. The summed E-state index contributed by atoms with van der Waals surface area (Å²) in [6.45, 7) is 4.78. The highest BCUT2D eigenvalue weighted by atomic mass is 16.5. The number of hydrogen-bond acceptors (Lipinski definition) is 4. The van der Waals surface area contributed by atoms with Crippen LogP contribution in [-0.4, -0.2) is 78.4 Å². The van der Waals surface area contributed by atoms with Crippen LogP contribution in [0.2, 0.25) is 0 Å². The number of urea groups is 1. The predicted octanol–water partition coefficient (Wildman–Crippen LogP) is 0.354. The standard InChI is InChI=1S/C14H25N3O4/c1-3-16(10-4-5-10)7-6-15-14(20)17-9-11(21-2)8-12(17)13(18)19/h10-12H,3-9H2,1-2H3,(H,15,20)(H,18,19). The topological polar surface area (TPSA) is 82.1 Å². The van der Waals surface area contributed by atoms with E-state index >= 15 is 0 Å². The number of carbonyl (C=O) groups is 2. The Balaban J connectivity index is 1.79. The monoisotopic (exact) mass is 299 g/mol. The Hall–Kier alpha value is -1.34. The highest BCUT2D eigenvalue weighted by Crippen LogP contribution is 2.26. The molecule has 7 nitrogen and oxygen atoms in total. The molecule has 1 heterocycles.